The largest absolute Gasteiger partial charge is 0.444 e. The fourth-order valence-electron chi connectivity index (χ4n) is 3.58. The maximum atomic E-state index is 13.9. The van der Waals surface area contributed by atoms with Crippen LogP contribution in [0.25, 0.3) is 6.08 Å². The molecule has 2 N–H and O–H groups in total. The molecule has 8 heteroatoms. The third-order valence-electron chi connectivity index (χ3n) is 5.23. The number of hydrogen-bond acceptors (Lipinski definition) is 5. The molecule has 0 spiro atoms. The summed E-state index contributed by atoms with van der Waals surface area (Å²) in [5, 5.41) is 5.74. The average molecular weight is 506 g/mol. The molecule has 2 unspecified atom stereocenters. The molecule has 0 fully saturated rings. The maximum absolute atomic E-state index is 13.9. The molecular formula is C27H43N3O4S. The molecule has 0 saturated carbocycles. The van der Waals surface area contributed by atoms with E-state index in [0.29, 0.717) is 24.3 Å². The van der Waals surface area contributed by atoms with Crippen LogP contribution in [-0.2, 0) is 14.3 Å². The maximum Gasteiger partial charge on any atom is 0.408 e. The van der Waals surface area contributed by atoms with Gasteiger partial charge in [0.1, 0.15) is 17.7 Å². The smallest absolute Gasteiger partial charge is 0.408 e. The zero-order valence-corrected chi connectivity index (χ0v) is 23.2. The highest BCUT2D eigenvalue weighted by Crippen LogP contribution is 2.27. The summed E-state index contributed by atoms with van der Waals surface area (Å²) >= 11 is 1.58. The Morgan fingerprint density at radius 1 is 1.23 bits per heavy atom. The van der Waals surface area contributed by atoms with Crippen LogP contribution in [0.2, 0.25) is 0 Å². The highest BCUT2D eigenvalue weighted by molar-refractivity contribution is 7.98. The molecule has 1 aromatic carbocycles. The monoisotopic (exact) mass is 505 g/mol. The lowest BCUT2D eigenvalue weighted by Gasteiger charge is -2.37. The first kappa shape index (κ1) is 30.6. The van der Waals surface area contributed by atoms with E-state index in [-0.39, 0.29) is 17.9 Å². The van der Waals surface area contributed by atoms with Crippen molar-refractivity contribution in [2.75, 3.05) is 18.6 Å². The molecule has 35 heavy (non-hydrogen) atoms. The minimum atomic E-state index is -0.850. The van der Waals surface area contributed by atoms with Crippen molar-refractivity contribution in [2.45, 2.75) is 84.5 Å². The van der Waals surface area contributed by atoms with Gasteiger partial charge in [-0.25, -0.2) is 4.79 Å². The van der Waals surface area contributed by atoms with Crippen molar-refractivity contribution in [1.29, 1.82) is 0 Å². The van der Waals surface area contributed by atoms with Gasteiger partial charge in [-0.3, -0.25) is 9.59 Å². The standard InChI is InChI=1S/C27H43N3O4S/c1-9-11-16-28-24(31)23(21-14-12-13-20(10-2)18-21)30(19(3)4)25(32)22(15-17-35-8)29-26(33)34-27(5,6)7/h10,12-14,18-19,22-23H,2,9,11,15-17H2,1,3-8H3,(H,28,31)(H,29,33). The second-order valence-electron chi connectivity index (χ2n) is 9.74. The number of rotatable bonds is 13. The first-order valence-electron chi connectivity index (χ1n) is 12.3. The van der Waals surface area contributed by atoms with Gasteiger partial charge >= 0.3 is 6.09 Å². The molecule has 3 amide bonds. The Morgan fingerprint density at radius 3 is 2.46 bits per heavy atom. The van der Waals surface area contributed by atoms with E-state index in [1.807, 2.05) is 44.4 Å². The van der Waals surface area contributed by atoms with E-state index in [2.05, 4.69) is 24.1 Å². The van der Waals surface area contributed by atoms with Crippen molar-refractivity contribution in [2.24, 2.45) is 0 Å². The van der Waals surface area contributed by atoms with Crippen LogP contribution < -0.4 is 10.6 Å². The summed E-state index contributed by atoms with van der Waals surface area (Å²) in [4.78, 5) is 41.5. The molecule has 0 aromatic heterocycles. The molecule has 1 rings (SSSR count). The van der Waals surface area contributed by atoms with Gasteiger partial charge in [-0.05, 0) is 76.7 Å². The number of benzene rings is 1. The van der Waals surface area contributed by atoms with Crippen LogP contribution >= 0.6 is 11.8 Å². The topological polar surface area (TPSA) is 87.7 Å². The minimum Gasteiger partial charge on any atom is -0.444 e. The fourth-order valence-corrected chi connectivity index (χ4v) is 4.05. The molecule has 0 aliphatic carbocycles. The van der Waals surface area contributed by atoms with Gasteiger partial charge in [0.15, 0.2) is 0 Å². The first-order valence-corrected chi connectivity index (χ1v) is 13.6. The van der Waals surface area contributed by atoms with E-state index in [0.717, 1.165) is 18.4 Å². The number of amides is 3. The average Bonchev–Trinajstić information content (AvgIpc) is 2.78. The van der Waals surface area contributed by atoms with Gasteiger partial charge in [0.25, 0.3) is 0 Å². The zero-order chi connectivity index (χ0) is 26.6. The van der Waals surface area contributed by atoms with Gasteiger partial charge in [0, 0.05) is 12.6 Å². The normalized spacial score (nSPS) is 13.0. The van der Waals surface area contributed by atoms with E-state index >= 15 is 0 Å². The number of hydrogen-bond donors (Lipinski definition) is 2. The Morgan fingerprint density at radius 2 is 1.91 bits per heavy atom. The minimum absolute atomic E-state index is 0.248. The number of carbonyl (C=O) groups is 3. The second kappa shape index (κ2) is 14.8. The molecule has 0 heterocycles. The molecule has 1 aromatic rings. The Hall–Kier alpha value is -2.48. The Kier molecular flexibility index (Phi) is 12.9. The van der Waals surface area contributed by atoms with Crippen LogP contribution in [-0.4, -0.2) is 59.0 Å². The van der Waals surface area contributed by atoms with Crippen molar-refractivity contribution < 1.29 is 19.1 Å². The number of alkyl carbamates (subject to hydrolysis) is 1. The summed E-state index contributed by atoms with van der Waals surface area (Å²) in [7, 11) is 0. The second-order valence-corrected chi connectivity index (χ2v) is 10.7. The highest BCUT2D eigenvalue weighted by Gasteiger charge is 2.37. The number of carbonyl (C=O) groups excluding carboxylic acids is 3. The van der Waals surface area contributed by atoms with Gasteiger partial charge in [0.2, 0.25) is 11.8 Å². The van der Waals surface area contributed by atoms with Gasteiger partial charge < -0.3 is 20.3 Å². The van der Waals surface area contributed by atoms with E-state index in [4.69, 9.17) is 4.74 Å². The van der Waals surface area contributed by atoms with Crippen LogP contribution in [0.1, 0.15) is 78.0 Å². The third-order valence-corrected chi connectivity index (χ3v) is 5.87. The van der Waals surface area contributed by atoms with Crippen molar-refractivity contribution in [1.82, 2.24) is 15.5 Å². The summed E-state index contributed by atoms with van der Waals surface area (Å²) < 4.78 is 5.41. The molecule has 0 aliphatic heterocycles. The van der Waals surface area contributed by atoms with Gasteiger partial charge in [-0.15, -0.1) is 0 Å². The van der Waals surface area contributed by atoms with E-state index in [1.165, 1.54) is 0 Å². The fraction of sp³-hybridized carbons (Fsp3) is 0.593. The SMILES string of the molecule is C=Cc1cccc(C(C(=O)NCCCC)N(C(=O)C(CCSC)NC(=O)OC(C)(C)C)C(C)C)c1. The molecule has 0 saturated heterocycles. The predicted molar refractivity (Wildman–Crippen MR) is 145 cm³/mol. The van der Waals surface area contributed by atoms with Gasteiger partial charge in [-0.2, -0.15) is 11.8 Å². The van der Waals surface area contributed by atoms with Crippen LogP contribution in [0.3, 0.4) is 0 Å². The van der Waals surface area contributed by atoms with E-state index in [1.54, 1.807) is 43.5 Å². The molecule has 0 radical (unpaired) electrons. The number of thioether (sulfide) groups is 1. The Bertz CT molecular complexity index is 851. The molecule has 0 bridgehead atoms. The Labute approximate surface area is 215 Å². The number of unbranched alkanes of at least 4 members (excludes halogenated alkanes) is 1. The van der Waals surface area contributed by atoms with Crippen molar-refractivity contribution in [3.05, 3.63) is 42.0 Å². The summed E-state index contributed by atoms with van der Waals surface area (Å²) in [6, 6.07) is 5.50. The molecule has 0 aliphatic rings. The summed E-state index contributed by atoms with van der Waals surface area (Å²) in [5.74, 6) is 0.0967. The lowest BCUT2D eigenvalue weighted by Crippen LogP contribution is -2.55. The van der Waals surface area contributed by atoms with Crippen LogP contribution in [0.4, 0.5) is 4.79 Å². The molecular weight excluding hydrogens is 462 g/mol. The summed E-state index contributed by atoms with van der Waals surface area (Å²) in [5.41, 5.74) is 0.858. The van der Waals surface area contributed by atoms with Gasteiger partial charge in [0.05, 0.1) is 0 Å². The third kappa shape index (κ3) is 10.3. The summed E-state index contributed by atoms with van der Waals surface area (Å²) in [6.07, 6.45) is 5.21. The van der Waals surface area contributed by atoms with E-state index in [9.17, 15) is 14.4 Å². The number of ether oxygens (including phenoxy) is 1. The van der Waals surface area contributed by atoms with E-state index < -0.39 is 23.8 Å². The first-order chi connectivity index (χ1) is 16.4. The Balaban J connectivity index is 3.42. The van der Waals surface area contributed by atoms with Crippen molar-refractivity contribution >= 4 is 35.7 Å². The molecule has 196 valence electrons. The molecule has 2 atom stereocenters. The summed E-state index contributed by atoms with van der Waals surface area (Å²) in [6.45, 7) is 15.5. The van der Waals surface area contributed by atoms with Crippen LogP contribution in [0, 0.1) is 0 Å². The lowest BCUT2D eigenvalue weighted by atomic mass is 9.98. The predicted octanol–water partition coefficient (Wildman–Crippen LogP) is 5.17. The number of nitrogens with zero attached hydrogens (tertiary/aromatic N) is 1. The van der Waals surface area contributed by atoms with Crippen molar-refractivity contribution in [3.8, 4) is 0 Å². The van der Waals surface area contributed by atoms with Gasteiger partial charge in [-0.1, -0.05) is 44.2 Å². The number of nitrogens with one attached hydrogen (secondary N) is 2. The highest BCUT2D eigenvalue weighted by atomic mass is 32.2. The quantitative estimate of drug-likeness (QED) is 0.361. The zero-order valence-electron chi connectivity index (χ0n) is 22.3. The van der Waals surface area contributed by atoms with Crippen LogP contribution in [0.15, 0.2) is 30.8 Å². The van der Waals surface area contributed by atoms with Crippen LogP contribution in [0.5, 0.6) is 0 Å². The van der Waals surface area contributed by atoms with Crippen molar-refractivity contribution in [3.63, 3.8) is 0 Å². The molecule has 7 nitrogen and oxygen atoms in total. The lowest BCUT2D eigenvalue weighted by molar-refractivity contribution is -0.144.